The summed E-state index contributed by atoms with van der Waals surface area (Å²) in [5, 5.41) is 4.57. The van der Waals surface area contributed by atoms with Crippen molar-refractivity contribution >= 4 is 0 Å². The normalized spacial score (nSPS) is 14.3. The number of nitrogens with zero attached hydrogens (tertiary/aromatic N) is 3. The fraction of sp³-hybridized carbons (Fsp3) is 0.429. The molecule has 0 aliphatic carbocycles. The molecule has 18 heavy (non-hydrogen) atoms. The summed E-state index contributed by atoms with van der Waals surface area (Å²) in [6.07, 6.45) is 4.29. The van der Waals surface area contributed by atoms with Gasteiger partial charge in [-0.05, 0) is 30.5 Å². The number of aryl methyl sites for hydroxylation is 2. The van der Waals surface area contributed by atoms with Crippen LogP contribution in [0.1, 0.15) is 30.1 Å². The van der Waals surface area contributed by atoms with Gasteiger partial charge in [0.25, 0.3) is 0 Å². The van der Waals surface area contributed by atoms with E-state index in [1.54, 1.807) is 7.11 Å². The molecule has 2 aromatic rings. The quantitative estimate of drug-likeness (QED) is 0.829. The lowest BCUT2D eigenvalue weighted by Crippen LogP contribution is -2.11. The number of methoxy groups -OCH3 is 1. The molecule has 0 atom stereocenters. The Hall–Kier alpha value is -1.84. The molecule has 0 radical (unpaired) electrons. The summed E-state index contributed by atoms with van der Waals surface area (Å²) in [5.74, 6) is 2.94. The molecule has 94 valence electrons. The van der Waals surface area contributed by atoms with Crippen molar-refractivity contribution in [2.75, 3.05) is 7.11 Å². The van der Waals surface area contributed by atoms with E-state index >= 15 is 0 Å². The van der Waals surface area contributed by atoms with Gasteiger partial charge >= 0.3 is 0 Å². The van der Waals surface area contributed by atoms with Crippen molar-refractivity contribution in [3.63, 3.8) is 0 Å². The summed E-state index contributed by atoms with van der Waals surface area (Å²) in [5.41, 5.74) is 1.19. The molecule has 4 nitrogen and oxygen atoms in total. The third kappa shape index (κ3) is 2.23. The van der Waals surface area contributed by atoms with E-state index in [1.807, 2.05) is 18.2 Å². The first-order valence-corrected chi connectivity index (χ1v) is 6.41. The topological polar surface area (TPSA) is 39.9 Å². The molecule has 0 amide bonds. The lowest BCUT2D eigenvalue weighted by Gasteiger charge is -2.09. The number of hydrogen-bond acceptors (Lipinski definition) is 3. The Morgan fingerprint density at radius 2 is 2.28 bits per heavy atom. The van der Waals surface area contributed by atoms with Gasteiger partial charge in [-0.25, -0.2) is 9.67 Å². The summed E-state index contributed by atoms with van der Waals surface area (Å²) in [6, 6.07) is 8.09. The van der Waals surface area contributed by atoms with E-state index in [0.29, 0.717) is 0 Å². The van der Waals surface area contributed by atoms with E-state index in [-0.39, 0.29) is 0 Å². The second-order valence-electron chi connectivity index (χ2n) is 4.65. The lowest BCUT2D eigenvalue weighted by molar-refractivity contribution is 0.414. The number of fused-ring (bicyclic) bond motifs is 1. The predicted molar refractivity (Wildman–Crippen MR) is 68.8 cm³/mol. The molecule has 0 spiro atoms. The van der Waals surface area contributed by atoms with E-state index in [9.17, 15) is 0 Å². The molecule has 0 saturated heterocycles. The summed E-state index contributed by atoms with van der Waals surface area (Å²) in [7, 11) is 1.69. The minimum atomic E-state index is 0.775. The van der Waals surface area contributed by atoms with Crippen LogP contribution in [0.4, 0.5) is 0 Å². The summed E-state index contributed by atoms with van der Waals surface area (Å²) < 4.78 is 7.28. The highest BCUT2D eigenvalue weighted by Gasteiger charge is 2.13. The molecular weight excluding hydrogens is 226 g/mol. The first kappa shape index (κ1) is 11.3. The highest BCUT2D eigenvalue weighted by molar-refractivity contribution is 5.30. The van der Waals surface area contributed by atoms with Gasteiger partial charge in [-0.15, -0.1) is 0 Å². The molecule has 4 heteroatoms. The van der Waals surface area contributed by atoms with Gasteiger partial charge in [0.1, 0.15) is 11.6 Å². The number of hydrogen-bond donors (Lipinski definition) is 0. The Labute approximate surface area is 107 Å². The second kappa shape index (κ2) is 4.80. The molecule has 0 unspecified atom stereocenters. The van der Waals surface area contributed by atoms with E-state index in [2.05, 4.69) is 20.8 Å². The monoisotopic (exact) mass is 243 g/mol. The van der Waals surface area contributed by atoms with Gasteiger partial charge in [-0.3, -0.25) is 0 Å². The lowest BCUT2D eigenvalue weighted by atomic mass is 10.1. The zero-order valence-corrected chi connectivity index (χ0v) is 10.6. The molecule has 1 aliphatic heterocycles. The van der Waals surface area contributed by atoms with Crippen molar-refractivity contribution in [3.8, 4) is 5.75 Å². The zero-order chi connectivity index (χ0) is 12.4. The minimum Gasteiger partial charge on any atom is -0.497 e. The maximum absolute atomic E-state index is 5.23. The molecule has 0 bridgehead atoms. The molecule has 3 rings (SSSR count). The van der Waals surface area contributed by atoms with Crippen LogP contribution in [0.2, 0.25) is 0 Å². The van der Waals surface area contributed by atoms with Crippen LogP contribution in [0.15, 0.2) is 24.3 Å². The van der Waals surface area contributed by atoms with Crippen LogP contribution in [0.25, 0.3) is 0 Å². The summed E-state index contributed by atoms with van der Waals surface area (Å²) in [4.78, 5) is 4.61. The fourth-order valence-corrected chi connectivity index (χ4v) is 2.37. The van der Waals surface area contributed by atoms with Crippen LogP contribution in [0.5, 0.6) is 5.75 Å². The van der Waals surface area contributed by atoms with Crippen molar-refractivity contribution in [3.05, 3.63) is 41.5 Å². The van der Waals surface area contributed by atoms with Crippen LogP contribution in [-0.2, 0) is 19.4 Å². The Morgan fingerprint density at radius 3 is 3.11 bits per heavy atom. The summed E-state index contributed by atoms with van der Waals surface area (Å²) >= 11 is 0. The smallest absolute Gasteiger partial charge is 0.155 e. The second-order valence-corrected chi connectivity index (χ2v) is 4.65. The van der Waals surface area contributed by atoms with Crippen LogP contribution in [0, 0.1) is 0 Å². The van der Waals surface area contributed by atoms with Crippen LogP contribution in [0.3, 0.4) is 0 Å². The van der Waals surface area contributed by atoms with E-state index < -0.39 is 0 Å². The van der Waals surface area contributed by atoms with Crippen molar-refractivity contribution in [2.45, 2.75) is 32.2 Å². The van der Waals surface area contributed by atoms with Crippen molar-refractivity contribution in [2.24, 2.45) is 0 Å². The molecular formula is C14H17N3O. The zero-order valence-electron chi connectivity index (χ0n) is 10.6. The van der Waals surface area contributed by atoms with Gasteiger partial charge in [0.15, 0.2) is 5.82 Å². The van der Waals surface area contributed by atoms with Crippen molar-refractivity contribution in [1.29, 1.82) is 0 Å². The van der Waals surface area contributed by atoms with Gasteiger partial charge in [-0.1, -0.05) is 12.1 Å². The molecule has 0 saturated carbocycles. The third-order valence-corrected chi connectivity index (χ3v) is 3.31. The molecule has 1 aliphatic rings. The average molecular weight is 243 g/mol. The number of aromatic nitrogens is 3. The van der Waals surface area contributed by atoms with E-state index in [0.717, 1.165) is 36.8 Å². The Morgan fingerprint density at radius 1 is 1.33 bits per heavy atom. The highest BCUT2D eigenvalue weighted by atomic mass is 16.5. The first-order valence-electron chi connectivity index (χ1n) is 6.41. The highest BCUT2D eigenvalue weighted by Crippen LogP contribution is 2.17. The third-order valence-electron chi connectivity index (χ3n) is 3.31. The predicted octanol–water partition coefficient (Wildman–Crippen LogP) is 2.21. The van der Waals surface area contributed by atoms with Gasteiger partial charge in [0, 0.05) is 19.4 Å². The van der Waals surface area contributed by atoms with Gasteiger partial charge < -0.3 is 4.74 Å². The maximum atomic E-state index is 5.23. The van der Waals surface area contributed by atoms with Gasteiger partial charge in [0.2, 0.25) is 0 Å². The summed E-state index contributed by atoms with van der Waals surface area (Å²) in [6.45, 7) is 1.01. The fourth-order valence-electron chi connectivity index (χ4n) is 2.37. The Bertz CT molecular complexity index is 524. The Kier molecular flexibility index (Phi) is 3.00. The number of ether oxygens (including phenoxy) is 1. The average Bonchev–Trinajstić information content (AvgIpc) is 2.81. The number of benzene rings is 1. The van der Waals surface area contributed by atoms with E-state index in [1.165, 1.54) is 18.4 Å². The molecule has 1 aromatic carbocycles. The number of rotatable bonds is 3. The SMILES string of the molecule is COc1cccc(Cc2nc3n(n2)CCCC3)c1. The van der Waals surface area contributed by atoms with E-state index in [4.69, 9.17) is 4.74 Å². The molecule has 2 heterocycles. The van der Waals surface area contributed by atoms with Gasteiger partial charge in [0.05, 0.1) is 7.11 Å². The standard InChI is InChI=1S/C14H17N3O/c1-18-12-6-4-5-11(9-12)10-13-15-14-7-2-3-8-17(14)16-13/h4-6,9H,2-3,7-8,10H2,1H3. The van der Waals surface area contributed by atoms with Crippen LogP contribution < -0.4 is 4.74 Å². The van der Waals surface area contributed by atoms with Gasteiger partial charge in [-0.2, -0.15) is 5.10 Å². The van der Waals surface area contributed by atoms with Crippen LogP contribution >= 0.6 is 0 Å². The van der Waals surface area contributed by atoms with Crippen LogP contribution in [-0.4, -0.2) is 21.9 Å². The minimum absolute atomic E-state index is 0.775. The Balaban J connectivity index is 1.81. The first-order chi connectivity index (χ1) is 8.85. The maximum Gasteiger partial charge on any atom is 0.155 e. The molecule has 0 fully saturated rings. The van der Waals surface area contributed by atoms with Crippen molar-refractivity contribution < 1.29 is 4.74 Å². The molecule has 0 N–H and O–H groups in total. The molecule has 1 aromatic heterocycles. The van der Waals surface area contributed by atoms with Crippen molar-refractivity contribution in [1.82, 2.24) is 14.8 Å². The largest absolute Gasteiger partial charge is 0.497 e.